The van der Waals surface area contributed by atoms with Crippen molar-refractivity contribution < 1.29 is 19.4 Å². The smallest absolute Gasteiger partial charge is 0.309 e. The Morgan fingerprint density at radius 3 is 2.27 bits per heavy atom. The normalized spacial score (nSPS) is 33.7. The number of esters is 1. The van der Waals surface area contributed by atoms with Crippen LogP contribution in [0, 0.1) is 23.2 Å². The monoisotopic (exact) mass is 213 g/mol. The summed E-state index contributed by atoms with van der Waals surface area (Å²) in [5.41, 5.74) is -0.592. The first kappa shape index (κ1) is 12.0. The van der Waals surface area contributed by atoms with Crippen LogP contribution in [0.3, 0.4) is 0 Å². The fourth-order valence-corrected chi connectivity index (χ4v) is 2.82. The number of carboxylic acids is 1. The van der Waals surface area contributed by atoms with Gasteiger partial charge in [0.25, 0.3) is 0 Å². The summed E-state index contributed by atoms with van der Waals surface area (Å²) in [4.78, 5) is 22.5. The van der Waals surface area contributed by atoms with E-state index in [0.717, 1.165) is 0 Å². The summed E-state index contributed by atoms with van der Waals surface area (Å²) in [7, 11) is 1.33. The number of carbonyl (C=O) groups excluding carboxylic acids is 2. The van der Waals surface area contributed by atoms with Crippen molar-refractivity contribution in [1.29, 1.82) is 0 Å². The van der Waals surface area contributed by atoms with Gasteiger partial charge in [0.2, 0.25) is 0 Å². The minimum absolute atomic E-state index is 0.0235. The van der Waals surface area contributed by atoms with E-state index in [1.165, 1.54) is 7.11 Å². The highest BCUT2D eigenvalue weighted by Gasteiger charge is 2.51. The van der Waals surface area contributed by atoms with Gasteiger partial charge in [0.05, 0.1) is 13.0 Å². The van der Waals surface area contributed by atoms with Gasteiger partial charge < -0.3 is 14.6 Å². The summed E-state index contributed by atoms with van der Waals surface area (Å²) in [5, 5.41) is 11.0. The molecule has 0 unspecified atom stereocenters. The lowest BCUT2D eigenvalue weighted by molar-refractivity contribution is -0.314. The first-order chi connectivity index (χ1) is 6.82. The lowest BCUT2D eigenvalue weighted by Gasteiger charge is -2.32. The van der Waals surface area contributed by atoms with Crippen LogP contribution < -0.4 is 5.11 Å². The highest BCUT2D eigenvalue weighted by atomic mass is 16.5. The number of aliphatic carboxylic acids is 1. The molecule has 4 heteroatoms. The van der Waals surface area contributed by atoms with E-state index in [2.05, 4.69) is 0 Å². The highest BCUT2D eigenvalue weighted by molar-refractivity contribution is 5.77. The van der Waals surface area contributed by atoms with Crippen LogP contribution >= 0.6 is 0 Å². The van der Waals surface area contributed by atoms with Crippen LogP contribution in [0.1, 0.15) is 27.2 Å². The Balaban J connectivity index is 3.00. The van der Waals surface area contributed by atoms with Gasteiger partial charge in [-0.25, -0.2) is 0 Å². The van der Waals surface area contributed by atoms with E-state index >= 15 is 0 Å². The molecule has 0 aliphatic heterocycles. The maximum absolute atomic E-state index is 11.6. The molecule has 0 bridgehead atoms. The molecule has 0 spiro atoms. The van der Waals surface area contributed by atoms with Crippen LogP contribution in [0.5, 0.6) is 0 Å². The molecule has 0 radical (unpaired) electrons. The minimum Gasteiger partial charge on any atom is -0.550 e. The van der Waals surface area contributed by atoms with Gasteiger partial charge in [-0.15, -0.1) is 0 Å². The molecule has 15 heavy (non-hydrogen) atoms. The molecule has 0 heterocycles. The average Bonchev–Trinajstić information content (AvgIpc) is 2.35. The molecule has 3 atom stereocenters. The van der Waals surface area contributed by atoms with Crippen LogP contribution in [-0.4, -0.2) is 19.0 Å². The molecular formula is C11H17O4-. The van der Waals surface area contributed by atoms with Gasteiger partial charge in [-0.1, -0.05) is 20.8 Å². The van der Waals surface area contributed by atoms with E-state index in [9.17, 15) is 14.7 Å². The number of ether oxygens (including phenoxy) is 1. The second-order valence-corrected chi connectivity index (χ2v) is 4.91. The summed E-state index contributed by atoms with van der Waals surface area (Å²) >= 11 is 0. The number of methoxy groups -OCH3 is 1. The van der Waals surface area contributed by atoms with Crippen molar-refractivity contribution in [2.45, 2.75) is 27.2 Å². The Morgan fingerprint density at radius 2 is 1.93 bits per heavy atom. The zero-order valence-electron chi connectivity index (χ0n) is 9.57. The number of rotatable bonds is 2. The highest BCUT2D eigenvalue weighted by Crippen LogP contribution is 2.50. The van der Waals surface area contributed by atoms with E-state index in [0.29, 0.717) is 6.42 Å². The van der Waals surface area contributed by atoms with Crippen molar-refractivity contribution in [2.24, 2.45) is 23.2 Å². The van der Waals surface area contributed by atoms with Crippen LogP contribution in [0.4, 0.5) is 0 Å². The van der Waals surface area contributed by atoms with Crippen LogP contribution in [0.2, 0.25) is 0 Å². The molecule has 0 aromatic rings. The first-order valence-corrected chi connectivity index (χ1v) is 5.11. The molecule has 0 N–H and O–H groups in total. The van der Waals surface area contributed by atoms with Crippen LogP contribution in [0.15, 0.2) is 0 Å². The third kappa shape index (κ3) is 1.85. The largest absolute Gasteiger partial charge is 0.550 e. The van der Waals surface area contributed by atoms with Crippen molar-refractivity contribution in [3.63, 3.8) is 0 Å². The third-order valence-electron chi connectivity index (χ3n) is 3.62. The Hall–Kier alpha value is -1.06. The average molecular weight is 213 g/mol. The summed E-state index contributed by atoms with van der Waals surface area (Å²) in [6, 6.07) is 0. The zero-order chi connectivity index (χ0) is 11.8. The van der Waals surface area contributed by atoms with Crippen molar-refractivity contribution in [3.05, 3.63) is 0 Å². The van der Waals surface area contributed by atoms with Gasteiger partial charge in [0, 0.05) is 11.9 Å². The molecule has 86 valence electrons. The SMILES string of the molecule is COC(=O)[C@@H]1[C@H](C)C[C@@H](C(=O)[O-])C1(C)C. The predicted octanol–water partition coefficient (Wildman–Crippen LogP) is 0.208. The number of carboxylic acid groups (broad SMARTS) is 1. The molecule has 0 saturated heterocycles. The van der Waals surface area contributed by atoms with Gasteiger partial charge in [-0.05, 0) is 17.8 Å². The lowest BCUT2D eigenvalue weighted by atomic mass is 9.74. The maximum atomic E-state index is 11.6. The van der Waals surface area contributed by atoms with E-state index in [4.69, 9.17) is 4.74 Å². The predicted molar refractivity (Wildman–Crippen MR) is 51.6 cm³/mol. The van der Waals surface area contributed by atoms with Crippen molar-refractivity contribution in [2.75, 3.05) is 7.11 Å². The Kier molecular flexibility index (Phi) is 3.07. The standard InChI is InChI=1S/C11H18O4/c1-6-5-7(9(12)13)11(2,3)8(6)10(14)15-4/h6-8H,5H2,1-4H3,(H,12,13)/p-1/t6-,7+,8+/m1/s1. The van der Waals surface area contributed by atoms with Crippen molar-refractivity contribution in [3.8, 4) is 0 Å². The quantitative estimate of drug-likeness (QED) is 0.615. The molecular weight excluding hydrogens is 196 g/mol. The fraction of sp³-hybridized carbons (Fsp3) is 0.818. The molecule has 1 rings (SSSR count). The van der Waals surface area contributed by atoms with E-state index < -0.39 is 17.3 Å². The summed E-state index contributed by atoms with van der Waals surface area (Å²) in [6.07, 6.45) is 0.481. The summed E-state index contributed by atoms with van der Waals surface area (Å²) in [5.74, 6) is -2.30. The molecule has 4 nitrogen and oxygen atoms in total. The Morgan fingerprint density at radius 1 is 1.40 bits per heavy atom. The topological polar surface area (TPSA) is 66.4 Å². The molecule has 1 aliphatic rings. The fourth-order valence-electron chi connectivity index (χ4n) is 2.82. The van der Waals surface area contributed by atoms with Gasteiger partial charge in [0.1, 0.15) is 0 Å². The molecule has 1 saturated carbocycles. The Labute approximate surface area is 89.6 Å². The summed E-state index contributed by atoms with van der Waals surface area (Å²) in [6.45, 7) is 5.46. The van der Waals surface area contributed by atoms with Crippen molar-refractivity contribution >= 4 is 11.9 Å². The number of hydrogen-bond acceptors (Lipinski definition) is 4. The second-order valence-electron chi connectivity index (χ2n) is 4.91. The van der Waals surface area contributed by atoms with E-state index in [-0.39, 0.29) is 17.8 Å². The maximum Gasteiger partial charge on any atom is 0.309 e. The van der Waals surface area contributed by atoms with E-state index in [1.807, 2.05) is 6.92 Å². The number of hydrogen-bond donors (Lipinski definition) is 0. The van der Waals surface area contributed by atoms with Crippen LogP contribution in [0.25, 0.3) is 0 Å². The molecule has 1 aliphatic carbocycles. The second kappa shape index (κ2) is 3.83. The van der Waals surface area contributed by atoms with E-state index in [1.54, 1.807) is 13.8 Å². The molecule has 0 amide bonds. The van der Waals surface area contributed by atoms with Crippen molar-refractivity contribution in [1.82, 2.24) is 0 Å². The van der Waals surface area contributed by atoms with Gasteiger partial charge >= 0.3 is 5.97 Å². The lowest BCUT2D eigenvalue weighted by Crippen LogP contribution is -2.41. The summed E-state index contributed by atoms with van der Waals surface area (Å²) < 4.78 is 4.72. The molecule has 0 aromatic carbocycles. The third-order valence-corrected chi connectivity index (χ3v) is 3.62. The minimum atomic E-state index is -1.07. The zero-order valence-corrected chi connectivity index (χ0v) is 9.57. The van der Waals surface area contributed by atoms with Gasteiger partial charge in [0.15, 0.2) is 0 Å². The first-order valence-electron chi connectivity index (χ1n) is 5.11. The van der Waals surface area contributed by atoms with Gasteiger partial charge in [-0.2, -0.15) is 0 Å². The molecule has 0 aromatic heterocycles. The number of carbonyl (C=O) groups is 2. The Bertz CT molecular complexity index is 282. The van der Waals surface area contributed by atoms with Gasteiger partial charge in [-0.3, -0.25) is 4.79 Å². The van der Waals surface area contributed by atoms with Crippen LogP contribution in [-0.2, 0) is 14.3 Å². The molecule has 1 fully saturated rings.